The Labute approximate surface area is 225 Å². The minimum atomic E-state index is -0.810. The second kappa shape index (κ2) is 10.8. The summed E-state index contributed by atoms with van der Waals surface area (Å²) < 4.78 is 33.4. The van der Waals surface area contributed by atoms with Crippen LogP contribution in [0, 0.1) is 5.82 Å². The van der Waals surface area contributed by atoms with E-state index in [1.54, 1.807) is 0 Å². The first kappa shape index (κ1) is 26.2. The van der Waals surface area contributed by atoms with E-state index in [1.807, 2.05) is 30.3 Å². The van der Waals surface area contributed by atoms with Crippen molar-refractivity contribution >= 4 is 17.5 Å². The van der Waals surface area contributed by atoms with E-state index in [1.165, 1.54) is 26.4 Å². The van der Waals surface area contributed by atoms with Crippen LogP contribution in [0.3, 0.4) is 0 Å². The van der Waals surface area contributed by atoms with Crippen molar-refractivity contribution < 1.29 is 28.5 Å². The molecule has 2 atom stereocenters. The van der Waals surface area contributed by atoms with Crippen LogP contribution in [-0.2, 0) is 12.0 Å². The molecule has 10 heteroatoms. The first-order chi connectivity index (χ1) is 18.4. The molecule has 3 aromatic rings. The van der Waals surface area contributed by atoms with Crippen molar-refractivity contribution in [1.82, 2.24) is 15.6 Å². The molecule has 1 saturated heterocycles. The Kier molecular flexibility index (Phi) is 7.43. The Morgan fingerprint density at radius 1 is 1.34 bits per heavy atom. The van der Waals surface area contributed by atoms with Gasteiger partial charge in [0.05, 0.1) is 30.3 Å². The molecule has 5 rings (SSSR count). The van der Waals surface area contributed by atoms with Gasteiger partial charge in [-0.2, -0.15) is 0 Å². The summed E-state index contributed by atoms with van der Waals surface area (Å²) in [6.07, 6.45) is 3.59. The highest BCUT2D eigenvalue weighted by atomic mass is 35.5. The van der Waals surface area contributed by atoms with E-state index < -0.39 is 17.3 Å². The SMILES string of the molecule is CNC(=O)c1cnc(OCCO)c(OC)c1-c1c(Cl)c(F)cc2c1C[C@](c1ccccc1)([C@@H]1CCCN1)O2. The summed E-state index contributed by atoms with van der Waals surface area (Å²) in [5.41, 5.74) is 1.45. The number of hydrogen-bond donors (Lipinski definition) is 3. The second-order valence-corrected chi connectivity index (χ2v) is 9.62. The molecule has 38 heavy (non-hydrogen) atoms. The molecule has 0 aliphatic carbocycles. The first-order valence-corrected chi connectivity index (χ1v) is 12.8. The number of nitrogens with zero attached hydrogens (tertiary/aromatic N) is 1. The lowest BCUT2D eigenvalue weighted by Gasteiger charge is -2.35. The molecule has 0 bridgehead atoms. The number of amides is 1. The van der Waals surface area contributed by atoms with Crippen LogP contribution in [0.25, 0.3) is 11.1 Å². The molecule has 1 aromatic heterocycles. The van der Waals surface area contributed by atoms with Gasteiger partial charge in [0.15, 0.2) is 11.4 Å². The molecule has 2 aromatic carbocycles. The van der Waals surface area contributed by atoms with E-state index in [-0.39, 0.29) is 52.6 Å². The first-order valence-electron chi connectivity index (χ1n) is 12.5. The summed E-state index contributed by atoms with van der Waals surface area (Å²) in [6.45, 7) is 0.547. The molecule has 1 amide bonds. The van der Waals surface area contributed by atoms with Crippen molar-refractivity contribution in [3.63, 3.8) is 0 Å². The van der Waals surface area contributed by atoms with E-state index >= 15 is 4.39 Å². The maximum Gasteiger partial charge on any atom is 0.257 e. The maximum atomic E-state index is 15.5. The van der Waals surface area contributed by atoms with Crippen LogP contribution in [0.1, 0.15) is 34.3 Å². The third-order valence-electron chi connectivity index (χ3n) is 7.16. The molecule has 0 spiro atoms. The summed E-state index contributed by atoms with van der Waals surface area (Å²) in [7, 11) is 2.89. The predicted octanol–water partition coefficient (Wildman–Crippen LogP) is 3.86. The fourth-order valence-corrected chi connectivity index (χ4v) is 5.75. The number of aliphatic hydroxyl groups is 1. The number of rotatable bonds is 8. The Bertz CT molecular complexity index is 1350. The topological polar surface area (TPSA) is 102 Å². The molecule has 1 fully saturated rings. The monoisotopic (exact) mass is 541 g/mol. The van der Waals surface area contributed by atoms with Gasteiger partial charge in [0.1, 0.15) is 18.2 Å². The standard InChI is InChI=1S/C28H29ClFN3O5/c1-31-26(35)18-15-33-27(37-12-11-34)25(36-2)23(18)22-17-14-28(21-9-6-10-32-21,16-7-4-3-5-8-16)38-20(17)13-19(30)24(22)29/h3-5,7-8,13,15,21,32,34H,6,9-12,14H2,1-2H3,(H,31,35)/t21-,28-/m0/s1. The van der Waals surface area contributed by atoms with E-state index in [9.17, 15) is 9.90 Å². The quantitative estimate of drug-likeness (QED) is 0.398. The number of carbonyl (C=O) groups excluding carboxylic acids is 1. The smallest absolute Gasteiger partial charge is 0.257 e. The molecule has 2 aliphatic rings. The van der Waals surface area contributed by atoms with Crippen molar-refractivity contribution in [2.45, 2.75) is 30.9 Å². The highest BCUT2D eigenvalue weighted by Gasteiger charge is 2.50. The lowest BCUT2D eigenvalue weighted by atomic mass is 9.80. The number of aliphatic hydroxyl groups excluding tert-OH is 1. The lowest BCUT2D eigenvalue weighted by molar-refractivity contribution is 0.0539. The Morgan fingerprint density at radius 2 is 2.13 bits per heavy atom. The summed E-state index contributed by atoms with van der Waals surface area (Å²) in [4.78, 5) is 17.2. The lowest BCUT2D eigenvalue weighted by Crippen LogP contribution is -2.48. The molecule has 3 heterocycles. The Morgan fingerprint density at radius 3 is 2.79 bits per heavy atom. The van der Waals surface area contributed by atoms with Crippen LogP contribution >= 0.6 is 11.6 Å². The van der Waals surface area contributed by atoms with E-state index in [0.29, 0.717) is 17.7 Å². The maximum absolute atomic E-state index is 15.5. The van der Waals surface area contributed by atoms with E-state index in [0.717, 1.165) is 24.9 Å². The normalized spacial score (nSPS) is 20.1. The minimum Gasteiger partial charge on any atom is -0.491 e. The number of benzene rings is 2. The molecule has 3 N–H and O–H groups in total. The molecular formula is C28H29ClFN3O5. The van der Waals surface area contributed by atoms with Gasteiger partial charge in [-0.1, -0.05) is 41.9 Å². The second-order valence-electron chi connectivity index (χ2n) is 9.24. The number of aromatic nitrogens is 1. The molecule has 0 radical (unpaired) electrons. The van der Waals surface area contributed by atoms with Crippen molar-refractivity contribution in [3.05, 3.63) is 70.1 Å². The molecule has 8 nitrogen and oxygen atoms in total. The third kappa shape index (κ3) is 4.34. The van der Waals surface area contributed by atoms with E-state index in [2.05, 4.69) is 15.6 Å². The molecule has 200 valence electrons. The van der Waals surface area contributed by atoms with Crippen molar-refractivity contribution in [2.24, 2.45) is 0 Å². The number of carbonyl (C=O) groups is 1. The van der Waals surface area contributed by atoms with Crippen molar-refractivity contribution in [2.75, 3.05) is 33.9 Å². The fraction of sp³-hybridized carbons (Fsp3) is 0.357. The molecule has 2 aliphatic heterocycles. The van der Waals surface area contributed by atoms with Gasteiger partial charge in [-0.25, -0.2) is 9.37 Å². The van der Waals surface area contributed by atoms with Crippen molar-refractivity contribution in [3.8, 4) is 28.5 Å². The average Bonchev–Trinajstić information content (AvgIpc) is 3.61. The largest absolute Gasteiger partial charge is 0.491 e. The molecule has 0 unspecified atom stereocenters. The van der Waals surface area contributed by atoms with Crippen molar-refractivity contribution in [1.29, 1.82) is 0 Å². The van der Waals surface area contributed by atoms with Gasteiger partial charge < -0.3 is 30.0 Å². The van der Waals surface area contributed by atoms with Gasteiger partial charge in [0, 0.05) is 42.4 Å². The zero-order chi connectivity index (χ0) is 26.9. The fourth-order valence-electron chi connectivity index (χ4n) is 5.49. The van der Waals surface area contributed by atoms with Crippen LogP contribution in [-0.4, -0.2) is 56.0 Å². The summed E-state index contributed by atoms with van der Waals surface area (Å²) >= 11 is 6.68. The highest BCUT2D eigenvalue weighted by Crippen LogP contribution is 2.53. The number of ether oxygens (including phenoxy) is 3. The molecular weight excluding hydrogens is 513 g/mol. The number of methoxy groups -OCH3 is 1. The zero-order valence-electron chi connectivity index (χ0n) is 21.1. The predicted molar refractivity (Wildman–Crippen MR) is 141 cm³/mol. The van der Waals surface area contributed by atoms with Crippen LogP contribution in [0.4, 0.5) is 4.39 Å². The van der Waals surface area contributed by atoms with Gasteiger partial charge in [-0.3, -0.25) is 4.79 Å². The highest BCUT2D eigenvalue weighted by molar-refractivity contribution is 6.34. The van der Waals surface area contributed by atoms with Gasteiger partial charge in [-0.05, 0) is 24.9 Å². The average molecular weight is 542 g/mol. The van der Waals surface area contributed by atoms with Gasteiger partial charge in [-0.15, -0.1) is 0 Å². The Balaban J connectivity index is 1.77. The number of halogens is 2. The van der Waals surface area contributed by atoms with Gasteiger partial charge in [0.2, 0.25) is 0 Å². The van der Waals surface area contributed by atoms with Crippen LogP contribution in [0.2, 0.25) is 5.02 Å². The number of nitrogens with one attached hydrogen (secondary N) is 2. The third-order valence-corrected chi connectivity index (χ3v) is 7.53. The van der Waals surface area contributed by atoms with Crippen LogP contribution < -0.4 is 24.8 Å². The van der Waals surface area contributed by atoms with Crippen LogP contribution in [0.5, 0.6) is 17.4 Å². The van der Waals surface area contributed by atoms with Gasteiger partial charge >= 0.3 is 0 Å². The minimum absolute atomic E-state index is 0.0202. The van der Waals surface area contributed by atoms with Gasteiger partial charge in [0.25, 0.3) is 11.8 Å². The zero-order valence-corrected chi connectivity index (χ0v) is 21.9. The number of pyridine rings is 1. The molecule has 0 saturated carbocycles. The van der Waals surface area contributed by atoms with Crippen LogP contribution in [0.15, 0.2) is 42.6 Å². The summed E-state index contributed by atoms with van der Waals surface area (Å²) in [5.74, 6) is -0.657. The summed E-state index contributed by atoms with van der Waals surface area (Å²) in [5, 5.41) is 15.3. The Hall–Kier alpha value is -3.40. The summed E-state index contributed by atoms with van der Waals surface area (Å²) in [6, 6.07) is 11.1. The number of fused-ring (bicyclic) bond motifs is 1. The number of hydrogen-bond acceptors (Lipinski definition) is 7. The van der Waals surface area contributed by atoms with E-state index in [4.69, 9.17) is 25.8 Å².